The second-order valence-electron chi connectivity index (χ2n) is 7.80. The minimum atomic E-state index is -0.192. The van der Waals surface area contributed by atoms with Crippen LogP contribution in [0.25, 0.3) is 11.8 Å². The van der Waals surface area contributed by atoms with Gasteiger partial charge in [0.2, 0.25) is 0 Å². The normalized spacial score (nSPS) is 16.8. The summed E-state index contributed by atoms with van der Waals surface area (Å²) in [5.41, 5.74) is 5.09. The lowest BCUT2D eigenvalue weighted by molar-refractivity contribution is 0.103. The zero-order valence-electron chi connectivity index (χ0n) is 17.6. The molecule has 3 aromatic carbocycles. The van der Waals surface area contributed by atoms with Crippen LogP contribution >= 0.6 is 0 Å². The molecule has 0 radical (unpaired) electrons. The number of carbonyl (C=O) groups is 1. The number of ketones is 1. The molecular formula is C28H21NO3. The fourth-order valence-corrected chi connectivity index (χ4v) is 4.47. The van der Waals surface area contributed by atoms with Crippen LogP contribution < -0.4 is 4.74 Å². The average Bonchev–Trinajstić information content (AvgIpc) is 2.87. The van der Waals surface area contributed by atoms with Crippen molar-refractivity contribution in [3.8, 4) is 5.75 Å². The Hall–Kier alpha value is -4.14. The molecule has 0 saturated heterocycles. The third-order valence-electron chi connectivity index (χ3n) is 6.05. The van der Waals surface area contributed by atoms with Crippen molar-refractivity contribution in [1.29, 1.82) is 0 Å². The highest BCUT2D eigenvalue weighted by atomic mass is 16.5. The van der Waals surface area contributed by atoms with Gasteiger partial charge < -0.3 is 9.64 Å². The molecule has 5 rings (SSSR count). The smallest absolute Gasteiger partial charge is 0.196 e. The van der Waals surface area contributed by atoms with Gasteiger partial charge in [-0.3, -0.25) is 4.79 Å². The van der Waals surface area contributed by atoms with Gasteiger partial charge in [-0.05, 0) is 41.5 Å². The molecule has 0 N–H and O–H groups in total. The minimum absolute atomic E-state index is 0.0975. The van der Waals surface area contributed by atoms with Gasteiger partial charge in [-0.1, -0.05) is 54.6 Å². The number of nitrogens with zero attached hydrogens (tertiary/aromatic N) is 1. The van der Waals surface area contributed by atoms with Gasteiger partial charge in [0, 0.05) is 23.7 Å². The van der Waals surface area contributed by atoms with Crippen molar-refractivity contribution >= 4 is 23.5 Å². The van der Waals surface area contributed by atoms with Crippen molar-refractivity contribution in [2.24, 2.45) is 0 Å². The molecule has 3 aromatic rings. The van der Waals surface area contributed by atoms with Crippen LogP contribution in [0.1, 0.15) is 39.5 Å². The molecular weight excluding hydrogens is 398 g/mol. The van der Waals surface area contributed by atoms with E-state index in [0.29, 0.717) is 28.9 Å². The topological polar surface area (TPSA) is 46.6 Å². The molecule has 0 aromatic heterocycles. The monoisotopic (exact) mass is 419 g/mol. The molecule has 2 aliphatic rings. The molecule has 4 heteroatoms. The number of hydrogen-bond acceptors (Lipinski definition) is 4. The Kier molecular flexibility index (Phi) is 5.06. The van der Waals surface area contributed by atoms with Gasteiger partial charge in [-0.25, -0.2) is 4.79 Å². The molecule has 1 unspecified atom stereocenters. The van der Waals surface area contributed by atoms with Crippen LogP contribution in [0.15, 0.2) is 96.2 Å². The van der Waals surface area contributed by atoms with E-state index in [1.807, 2.05) is 48.7 Å². The Morgan fingerprint density at radius 1 is 0.969 bits per heavy atom. The number of ether oxygens (including phenoxy) is 1. The van der Waals surface area contributed by atoms with Crippen LogP contribution in [-0.2, 0) is 4.79 Å². The maximum atomic E-state index is 13.7. The maximum Gasteiger partial charge on any atom is 0.196 e. The molecule has 1 atom stereocenters. The van der Waals surface area contributed by atoms with Gasteiger partial charge in [-0.15, -0.1) is 0 Å². The third kappa shape index (κ3) is 3.27. The summed E-state index contributed by atoms with van der Waals surface area (Å²) in [6.07, 6.45) is 4.47. The number of Topliss-reactive ketones (excluding diaryl/α,β-unsaturated/α-hetero) is 1. The Labute approximate surface area is 186 Å². The van der Waals surface area contributed by atoms with Crippen LogP contribution in [0.5, 0.6) is 5.75 Å². The fraction of sp³-hybridized carbons (Fsp3) is 0.107. The van der Waals surface area contributed by atoms with E-state index in [0.717, 1.165) is 22.4 Å². The summed E-state index contributed by atoms with van der Waals surface area (Å²) < 4.78 is 5.22. The number of benzene rings is 3. The van der Waals surface area contributed by atoms with E-state index in [4.69, 9.17) is 4.74 Å². The quantitative estimate of drug-likeness (QED) is 0.415. The highest BCUT2D eigenvalue weighted by Gasteiger charge is 2.37. The zero-order valence-corrected chi connectivity index (χ0v) is 17.6. The van der Waals surface area contributed by atoms with E-state index in [2.05, 4.69) is 29.1 Å². The highest BCUT2D eigenvalue weighted by molar-refractivity contribution is 6.18. The molecule has 156 valence electrons. The summed E-state index contributed by atoms with van der Waals surface area (Å²) in [6, 6.07) is 24.9. The molecule has 0 bridgehead atoms. The third-order valence-corrected chi connectivity index (χ3v) is 6.05. The van der Waals surface area contributed by atoms with E-state index in [-0.39, 0.29) is 11.8 Å². The van der Waals surface area contributed by atoms with Gasteiger partial charge >= 0.3 is 0 Å². The number of carbonyl (C=O) groups excluding carboxylic acids is 2. The van der Waals surface area contributed by atoms with Crippen molar-refractivity contribution in [1.82, 2.24) is 4.90 Å². The molecule has 2 heterocycles. The second-order valence-corrected chi connectivity index (χ2v) is 7.80. The zero-order chi connectivity index (χ0) is 22.1. The van der Waals surface area contributed by atoms with Crippen molar-refractivity contribution in [3.05, 3.63) is 118 Å². The Balaban J connectivity index is 1.73. The Morgan fingerprint density at radius 3 is 2.41 bits per heavy atom. The van der Waals surface area contributed by atoms with Crippen molar-refractivity contribution in [2.75, 3.05) is 7.11 Å². The average molecular weight is 419 g/mol. The van der Waals surface area contributed by atoms with Gasteiger partial charge in [0.25, 0.3) is 0 Å². The van der Waals surface area contributed by atoms with Crippen molar-refractivity contribution < 1.29 is 14.3 Å². The van der Waals surface area contributed by atoms with E-state index < -0.39 is 0 Å². The molecule has 4 nitrogen and oxygen atoms in total. The Morgan fingerprint density at radius 2 is 1.69 bits per heavy atom. The minimum Gasteiger partial charge on any atom is -0.497 e. The highest BCUT2D eigenvalue weighted by Crippen LogP contribution is 2.47. The van der Waals surface area contributed by atoms with Gasteiger partial charge in [0.15, 0.2) is 5.78 Å². The first-order valence-electron chi connectivity index (χ1n) is 10.5. The van der Waals surface area contributed by atoms with Crippen LogP contribution in [0.4, 0.5) is 0 Å². The Bertz CT molecular complexity index is 1300. The number of hydrogen-bond donors (Lipinski definition) is 0. The van der Waals surface area contributed by atoms with E-state index >= 15 is 0 Å². The summed E-state index contributed by atoms with van der Waals surface area (Å²) in [5.74, 6) is 2.58. The molecule has 32 heavy (non-hydrogen) atoms. The summed E-state index contributed by atoms with van der Waals surface area (Å²) in [5, 5.41) is 0. The van der Waals surface area contributed by atoms with E-state index in [1.165, 1.54) is 0 Å². The summed E-state index contributed by atoms with van der Waals surface area (Å²) >= 11 is 0. The van der Waals surface area contributed by atoms with Crippen molar-refractivity contribution in [3.63, 3.8) is 0 Å². The van der Waals surface area contributed by atoms with Crippen LogP contribution in [0.3, 0.4) is 0 Å². The lowest BCUT2D eigenvalue weighted by Gasteiger charge is -2.41. The number of allylic oxidation sites excluding steroid dienone is 1. The number of fused-ring (bicyclic) bond motifs is 3. The van der Waals surface area contributed by atoms with Gasteiger partial charge in [0.05, 0.1) is 30.0 Å². The second kappa shape index (κ2) is 8.18. The first-order chi connectivity index (χ1) is 15.7. The largest absolute Gasteiger partial charge is 0.497 e. The SMILES string of the molecule is COc1ccc(C(=O)C2=C3c4ccccc4C=CN3C(c3ccccc3)CC2=C=O)cc1. The standard InChI is InChI=1S/C28H21NO3/c1-32-23-13-11-21(12-14-23)28(31)26-22(18-30)17-25(20-8-3-2-4-9-20)29-16-15-19-7-5-6-10-24(19)27(26)29/h2-16,25H,17H2,1H3. The van der Waals surface area contributed by atoms with Crippen molar-refractivity contribution in [2.45, 2.75) is 12.5 Å². The van der Waals surface area contributed by atoms with Gasteiger partial charge in [-0.2, -0.15) is 0 Å². The molecule has 0 amide bonds. The predicted octanol–water partition coefficient (Wildman–Crippen LogP) is 5.48. The van der Waals surface area contributed by atoms with Crippen LogP contribution in [0.2, 0.25) is 0 Å². The number of rotatable bonds is 4. The van der Waals surface area contributed by atoms with Crippen LogP contribution in [-0.4, -0.2) is 23.7 Å². The van der Waals surface area contributed by atoms with Crippen LogP contribution in [0, 0.1) is 0 Å². The molecule has 0 aliphatic carbocycles. The summed E-state index contributed by atoms with van der Waals surface area (Å²) in [7, 11) is 1.59. The summed E-state index contributed by atoms with van der Waals surface area (Å²) in [6.45, 7) is 0. The first-order valence-corrected chi connectivity index (χ1v) is 10.5. The molecule has 0 saturated carbocycles. The van der Waals surface area contributed by atoms with E-state index in [9.17, 15) is 9.59 Å². The predicted molar refractivity (Wildman–Crippen MR) is 125 cm³/mol. The lowest BCUT2D eigenvalue weighted by atomic mass is 9.81. The lowest BCUT2D eigenvalue weighted by Crippen LogP contribution is -2.32. The molecule has 2 aliphatic heterocycles. The maximum absolute atomic E-state index is 13.7. The molecule has 0 fully saturated rings. The molecule has 0 spiro atoms. The van der Waals surface area contributed by atoms with E-state index in [1.54, 1.807) is 31.4 Å². The number of methoxy groups -OCH3 is 1. The fourth-order valence-electron chi connectivity index (χ4n) is 4.47. The van der Waals surface area contributed by atoms with Gasteiger partial charge in [0.1, 0.15) is 11.7 Å². The summed E-state index contributed by atoms with van der Waals surface area (Å²) in [4.78, 5) is 28.0. The first kappa shape index (κ1) is 19.8.